The van der Waals surface area contributed by atoms with E-state index in [0.717, 1.165) is 19.5 Å². The van der Waals surface area contributed by atoms with Gasteiger partial charge in [-0.2, -0.15) is 0 Å². The normalized spacial score (nSPS) is 20.9. The molecule has 0 bridgehead atoms. The minimum Gasteiger partial charge on any atom is -0.393 e. The molecule has 0 radical (unpaired) electrons. The summed E-state index contributed by atoms with van der Waals surface area (Å²) in [6.45, 7) is 1.68. The van der Waals surface area contributed by atoms with Gasteiger partial charge >= 0.3 is 0 Å². The lowest BCUT2D eigenvalue weighted by Gasteiger charge is -2.18. The van der Waals surface area contributed by atoms with Gasteiger partial charge in [-0.1, -0.05) is 11.6 Å². The van der Waals surface area contributed by atoms with E-state index in [1.807, 2.05) is 0 Å². The Hall–Kier alpha value is -1.07. The number of halogens is 1. The molecule has 2 N–H and O–H groups in total. The van der Waals surface area contributed by atoms with Gasteiger partial charge < -0.3 is 15.4 Å². The Morgan fingerprint density at radius 2 is 2.40 bits per heavy atom. The van der Waals surface area contributed by atoms with E-state index >= 15 is 0 Å². The predicted octanol–water partition coefficient (Wildman–Crippen LogP) is 0.937. The molecule has 2 rings (SSSR count). The molecule has 0 aromatic carbocycles. The van der Waals surface area contributed by atoms with Crippen LogP contribution in [0.1, 0.15) is 6.42 Å². The van der Waals surface area contributed by atoms with Gasteiger partial charge in [0.05, 0.1) is 6.10 Å². The van der Waals surface area contributed by atoms with Crippen molar-refractivity contribution < 1.29 is 4.74 Å². The first-order valence-corrected chi connectivity index (χ1v) is 5.14. The highest BCUT2D eigenvalue weighted by molar-refractivity contribution is 6.32. The summed E-state index contributed by atoms with van der Waals surface area (Å²) in [6.07, 6.45) is 2.66. The summed E-state index contributed by atoms with van der Waals surface area (Å²) in [6, 6.07) is 0. The average molecular weight is 229 g/mol. The molecule has 1 aliphatic rings. The van der Waals surface area contributed by atoms with Crippen LogP contribution in [0.5, 0.6) is 0 Å². The van der Waals surface area contributed by atoms with Crippen molar-refractivity contribution in [1.29, 1.82) is 0 Å². The fraction of sp³-hybridized carbons (Fsp3) is 0.556. The molecule has 1 saturated heterocycles. The second-order valence-electron chi connectivity index (χ2n) is 3.49. The second-order valence-corrected chi connectivity index (χ2v) is 3.85. The molecule has 0 saturated carbocycles. The Balaban J connectivity index is 2.20. The minimum atomic E-state index is 0.248. The zero-order valence-electron chi connectivity index (χ0n) is 8.48. The second kappa shape index (κ2) is 4.20. The van der Waals surface area contributed by atoms with Crippen LogP contribution in [0, 0.1) is 0 Å². The third-order valence-corrected chi connectivity index (χ3v) is 2.89. The number of nitrogens with two attached hydrogens (primary N) is 1. The molecular weight excluding hydrogens is 216 g/mol. The van der Waals surface area contributed by atoms with Crippen LogP contribution in [0.4, 0.5) is 11.5 Å². The number of hydrogen-bond acceptors (Lipinski definition) is 5. The number of hydrogen-bond donors (Lipinski definition) is 1. The number of nitrogen functional groups attached to an aromatic ring is 1. The molecule has 1 unspecified atom stereocenters. The van der Waals surface area contributed by atoms with Crippen LogP contribution < -0.4 is 10.6 Å². The largest absolute Gasteiger partial charge is 0.393 e. The quantitative estimate of drug-likeness (QED) is 0.764. The topological polar surface area (TPSA) is 64.3 Å². The molecule has 5 nitrogen and oxygen atoms in total. The third-order valence-electron chi connectivity index (χ3n) is 2.59. The standard InChI is InChI=1S/C9H13ClN4O/c1-15-6-2-3-14(4-6)9-7(11)8(10)12-5-13-9/h5-6H,2-4,11H2,1H3. The van der Waals surface area contributed by atoms with E-state index in [1.54, 1.807) is 7.11 Å². The highest BCUT2D eigenvalue weighted by atomic mass is 35.5. The monoisotopic (exact) mass is 228 g/mol. The fourth-order valence-electron chi connectivity index (χ4n) is 1.73. The lowest BCUT2D eigenvalue weighted by Crippen LogP contribution is -2.24. The lowest BCUT2D eigenvalue weighted by molar-refractivity contribution is 0.121. The van der Waals surface area contributed by atoms with E-state index in [9.17, 15) is 0 Å². The molecule has 1 aliphatic heterocycles. The van der Waals surface area contributed by atoms with Crippen molar-refractivity contribution in [3.8, 4) is 0 Å². The van der Waals surface area contributed by atoms with Crippen molar-refractivity contribution in [1.82, 2.24) is 9.97 Å². The van der Waals surface area contributed by atoms with Gasteiger partial charge in [0, 0.05) is 20.2 Å². The number of nitrogens with zero attached hydrogens (tertiary/aromatic N) is 3. The van der Waals surface area contributed by atoms with Gasteiger partial charge in [0.15, 0.2) is 11.0 Å². The molecule has 6 heteroatoms. The number of rotatable bonds is 2. The molecular formula is C9H13ClN4O. The number of anilines is 2. The van der Waals surface area contributed by atoms with Crippen LogP contribution in [-0.2, 0) is 4.74 Å². The van der Waals surface area contributed by atoms with Gasteiger partial charge in [-0.25, -0.2) is 9.97 Å². The summed E-state index contributed by atoms with van der Waals surface area (Å²) in [5, 5.41) is 0.306. The van der Waals surface area contributed by atoms with Crippen LogP contribution in [0.2, 0.25) is 5.15 Å². The molecule has 82 valence electrons. The van der Waals surface area contributed by atoms with E-state index in [-0.39, 0.29) is 6.10 Å². The average Bonchev–Trinajstić information content (AvgIpc) is 2.70. The van der Waals surface area contributed by atoms with Crippen LogP contribution in [0.3, 0.4) is 0 Å². The van der Waals surface area contributed by atoms with E-state index < -0.39 is 0 Å². The van der Waals surface area contributed by atoms with E-state index in [2.05, 4.69) is 14.9 Å². The maximum atomic E-state index is 5.83. The molecule has 2 heterocycles. The molecule has 0 amide bonds. The van der Waals surface area contributed by atoms with Crippen LogP contribution in [0.25, 0.3) is 0 Å². The smallest absolute Gasteiger partial charge is 0.157 e. The summed E-state index contributed by atoms with van der Waals surface area (Å²) in [5.74, 6) is 0.703. The fourth-order valence-corrected chi connectivity index (χ4v) is 1.86. The van der Waals surface area contributed by atoms with Crippen molar-refractivity contribution in [2.45, 2.75) is 12.5 Å². The first-order chi connectivity index (χ1) is 7.22. The maximum absolute atomic E-state index is 5.83. The Labute approximate surface area is 93.2 Å². The molecule has 15 heavy (non-hydrogen) atoms. The summed E-state index contributed by atoms with van der Waals surface area (Å²) in [7, 11) is 1.71. The van der Waals surface area contributed by atoms with Crippen LogP contribution >= 0.6 is 11.6 Å². The van der Waals surface area contributed by atoms with Crippen LogP contribution in [0.15, 0.2) is 6.33 Å². The highest BCUT2D eigenvalue weighted by Gasteiger charge is 2.25. The van der Waals surface area contributed by atoms with Crippen molar-refractivity contribution in [2.24, 2.45) is 0 Å². The lowest BCUT2D eigenvalue weighted by atomic mass is 10.3. The first kappa shape index (κ1) is 10.4. The predicted molar refractivity (Wildman–Crippen MR) is 59.1 cm³/mol. The molecule has 1 fully saturated rings. The Bertz CT molecular complexity index is 360. The van der Waals surface area contributed by atoms with Crippen molar-refractivity contribution in [2.75, 3.05) is 30.8 Å². The highest BCUT2D eigenvalue weighted by Crippen LogP contribution is 2.28. The van der Waals surface area contributed by atoms with Gasteiger partial charge in [-0.05, 0) is 6.42 Å². The van der Waals surface area contributed by atoms with E-state index in [1.165, 1.54) is 6.33 Å². The van der Waals surface area contributed by atoms with Gasteiger partial charge in [0.25, 0.3) is 0 Å². The molecule has 1 aromatic rings. The van der Waals surface area contributed by atoms with Gasteiger partial charge in [-0.3, -0.25) is 0 Å². The zero-order valence-corrected chi connectivity index (χ0v) is 9.24. The number of aromatic nitrogens is 2. The molecule has 1 atom stereocenters. The summed E-state index contributed by atoms with van der Waals surface area (Å²) in [5.41, 5.74) is 6.25. The van der Waals surface area contributed by atoms with Gasteiger partial charge in [0.2, 0.25) is 0 Å². The first-order valence-electron chi connectivity index (χ1n) is 4.76. The molecule has 0 spiro atoms. The summed E-state index contributed by atoms with van der Waals surface area (Å²) in [4.78, 5) is 10.0. The Morgan fingerprint density at radius 3 is 3.07 bits per heavy atom. The van der Waals surface area contributed by atoms with Crippen LogP contribution in [-0.4, -0.2) is 36.3 Å². The van der Waals surface area contributed by atoms with Crippen molar-refractivity contribution in [3.05, 3.63) is 11.5 Å². The maximum Gasteiger partial charge on any atom is 0.157 e. The van der Waals surface area contributed by atoms with E-state index in [0.29, 0.717) is 16.7 Å². The Morgan fingerprint density at radius 1 is 1.60 bits per heavy atom. The van der Waals surface area contributed by atoms with Crippen molar-refractivity contribution >= 4 is 23.1 Å². The Kier molecular flexibility index (Phi) is 2.93. The number of methoxy groups -OCH3 is 1. The van der Waals surface area contributed by atoms with Crippen molar-refractivity contribution in [3.63, 3.8) is 0 Å². The molecule has 1 aromatic heterocycles. The SMILES string of the molecule is COC1CCN(c2ncnc(Cl)c2N)C1. The van der Waals surface area contributed by atoms with Gasteiger partial charge in [0.1, 0.15) is 12.0 Å². The minimum absolute atomic E-state index is 0.248. The van der Waals surface area contributed by atoms with Gasteiger partial charge in [-0.15, -0.1) is 0 Å². The third kappa shape index (κ3) is 1.98. The molecule has 0 aliphatic carbocycles. The summed E-state index contributed by atoms with van der Waals surface area (Å²) < 4.78 is 5.27. The number of ether oxygens (including phenoxy) is 1. The zero-order chi connectivity index (χ0) is 10.8. The summed E-state index contributed by atoms with van der Waals surface area (Å²) >= 11 is 5.83. The van der Waals surface area contributed by atoms with E-state index in [4.69, 9.17) is 22.1 Å².